The molecule has 0 bridgehead atoms. The van der Waals surface area contributed by atoms with Crippen LogP contribution >= 0.6 is 0 Å². The molecule has 2 aliphatic rings. The van der Waals surface area contributed by atoms with Gasteiger partial charge in [-0.1, -0.05) is 0 Å². The van der Waals surface area contributed by atoms with Crippen molar-refractivity contribution in [2.45, 2.75) is 36.6 Å². The second-order valence-electron chi connectivity index (χ2n) is 5.88. The molecule has 1 aromatic carbocycles. The van der Waals surface area contributed by atoms with Crippen LogP contribution in [0.5, 0.6) is 0 Å². The zero-order chi connectivity index (χ0) is 16.3. The van der Waals surface area contributed by atoms with Crippen LogP contribution in [0.4, 0.5) is 8.78 Å². The van der Waals surface area contributed by atoms with E-state index in [1.54, 1.807) is 0 Å². The molecule has 120 valence electrons. The Bertz CT molecular complexity index is 764. The smallest absolute Gasteiger partial charge is 0.325 e. The summed E-state index contributed by atoms with van der Waals surface area (Å²) < 4.78 is 53.9. The summed E-state index contributed by atoms with van der Waals surface area (Å²) in [6, 6.07) is 1.44. The van der Waals surface area contributed by atoms with E-state index in [1.165, 1.54) is 6.92 Å². The van der Waals surface area contributed by atoms with Crippen molar-refractivity contribution in [2.24, 2.45) is 5.92 Å². The van der Waals surface area contributed by atoms with Crippen LogP contribution < -0.4 is 0 Å². The summed E-state index contributed by atoms with van der Waals surface area (Å²) in [7, 11) is -4.41. The number of carbonyl (C=O) groups is 1. The summed E-state index contributed by atoms with van der Waals surface area (Å²) in [6.45, 7) is 1.32. The fourth-order valence-corrected chi connectivity index (χ4v) is 5.19. The summed E-state index contributed by atoms with van der Waals surface area (Å²) in [4.78, 5) is 10.7. The predicted molar refractivity (Wildman–Crippen MR) is 72.7 cm³/mol. The Labute approximate surface area is 126 Å². The standard InChI is InChI=1S/C14H15F2NO4S/c1-8-5-11(16)12(6-10(8)15)22(20,21)17-4-2-3-9-7-14(9,17)13(18)19/h5-6,9H,2-4,7H2,1H3,(H,18,19)/t9-,14+/m1/s1. The van der Waals surface area contributed by atoms with Crippen LogP contribution in [0.15, 0.2) is 17.0 Å². The van der Waals surface area contributed by atoms with E-state index in [2.05, 4.69) is 0 Å². The molecule has 0 aromatic heterocycles. The minimum absolute atomic E-state index is 0.0000683. The van der Waals surface area contributed by atoms with Crippen LogP contribution in [-0.2, 0) is 14.8 Å². The molecule has 2 atom stereocenters. The molecule has 1 aliphatic heterocycles. The number of rotatable bonds is 3. The molecule has 1 aliphatic carbocycles. The first-order valence-corrected chi connectivity index (χ1v) is 8.37. The van der Waals surface area contributed by atoms with E-state index in [1.807, 2.05) is 0 Å². The number of piperidine rings is 1. The molecule has 0 spiro atoms. The Balaban J connectivity index is 2.10. The van der Waals surface area contributed by atoms with Crippen molar-refractivity contribution in [3.8, 4) is 0 Å². The zero-order valence-electron chi connectivity index (χ0n) is 11.8. The minimum Gasteiger partial charge on any atom is -0.480 e. The van der Waals surface area contributed by atoms with E-state index in [-0.39, 0.29) is 24.4 Å². The number of carboxylic acid groups (broad SMARTS) is 1. The molecule has 22 heavy (non-hydrogen) atoms. The lowest BCUT2D eigenvalue weighted by molar-refractivity contribution is -0.144. The molecule has 1 saturated heterocycles. The molecule has 1 saturated carbocycles. The topological polar surface area (TPSA) is 74.7 Å². The Morgan fingerprint density at radius 3 is 2.68 bits per heavy atom. The van der Waals surface area contributed by atoms with Gasteiger partial charge in [0.15, 0.2) is 0 Å². The third kappa shape index (κ3) is 1.97. The number of aliphatic carboxylic acids is 1. The number of benzene rings is 1. The van der Waals surface area contributed by atoms with Crippen molar-refractivity contribution in [1.29, 1.82) is 0 Å². The average Bonchev–Trinajstić information content (AvgIpc) is 3.18. The Kier molecular flexibility index (Phi) is 3.30. The van der Waals surface area contributed by atoms with Crippen LogP contribution in [0.3, 0.4) is 0 Å². The number of nitrogens with zero attached hydrogens (tertiary/aromatic N) is 1. The molecule has 0 unspecified atom stereocenters. The summed E-state index contributed by atoms with van der Waals surface area (Å²) in [6.07, 6.45) is 1.36. The molecule has 5 nitrogen and oxygen atoms in total. The Morgan fingerprint density at radius 2 is 2.05 bits per heavy atom. The van der Waals surface area contributed by atoms with Crippen LogP contribution in [0.1, 0.15) is 24.8 Å². The van der Waals surface area contributed by atoms with E-state index in [9.17, 15) is 27.1 Å². The van der Waals surface area contributed by atoms with E-state index in [0.29, 0.717) is 18.9 Å². The largest absolute Gasteiger partial charge is 0.480 e. The second-order valence-corrected chi connectivity index (χ2v) is 7.71. The molecule has 1 aromatic rings. The number of carboxylic acids is 1. The monoisotopic (exact) mass is 331 g/mol. The first kappa shape index (κ1) is 15.4. The quantitative estimate of drug-likeness (QED) is 0.918. The minimum atomic E-state index is -4.41. The normalized spacial score (nSPS) is 28.2. The van der Waals surface area contributed by atoms with Gasteiger partial charge in [0, 0.05) is 6.54 Å². The van der Waals surface area contributed by atoms with Gasteiger partial charge in [-0.2, -0.15) is 4.31 Å². The fraction of sp³-hybridized carbons (Fsp3) is 0.500. The van der Waals surface area contributed by atoms with Crippen LogP contribution in [0.2, 0.25) is 0 Å². The number of halogens is 2. The number of hydrogen-bond acceptors (Lipinski definition) is 3. The molecular formula is C14H15F2NO4S. The van der Waals surface area contributed by atoms with E-state index >= 15 is 0 Å². The van der Waals surface area contributed by atoms with Gasteiger partial charge in [-0.3, -0.25) is 4.79 Å². The van der Waals surface area contributed by atoms with Gasteiger partial charge in [0.2, 0.25) is 10.0 Å². The zero-order valence-corrected chi connectivity index (χ0v) is 12.7. The predicted octanol–water partition coefficient (Wildman–Crippen LogP) is 1.90. The molecule has 1 N–H and O–H groups in total. The summed E-state index contributed by atoms with van der Waals surface area (Å²) >= 11 is 0. The maximum Gasteiger partial charge on any atom is 0.325 e. The Hall–Kier alpha value is -1.54. The molecule has 2 fully saturated rings. The molecule has 0 amide bonds. The highest BCUT2D eigenvalue weighted by molar-refractivity contribution is 7.89. The fourth-order valence-electron chi connectivity index (χ4n) is 3.29. The highest BCUT2D eigenvalue weighted by Crippen LogP contribution is 2.56. The summed E-state index contributed by atoms with van der Waals surface area (Å²) in [5.74, 6) is -3.39. The lowest BCUT2D eigenvalue weighted by Crippen LogP contribution is -2.51. The first-order valence-electron chi connectivity index (χ1n) is 6.93. The van der Waals surface area contributed by atoms with E-state index in [4.69, 9.17) is 0 Å². The van der Waals surface area contributed by atoms with Gasteiger partial charge in [0.05, 0.1) is 0 Å². The Morgan fingerprint density at radius 1 is 1.36 bits per heavy atom. The number of fused-ring (bicyclic) bond motifs is 1. The molecular weight excluding hydrogens is 316 g/mol. The van der Waals surface area contributed by atoms with Crippen LogP contribution in [-0.4, -0.2) is 35.9 Å². The van der Waals surface area contributed by atoms with Gasteiger partial charge in [-0.25, -0.2) is 17.2 Å². The number of aryl methyl sites for hydroxylation is 1. The van der Waals surface area contributed by atoms with Gasteiger partial charge < -0.3 is 5.11 Å². The third-order valence-corrected chi connectivity index (χ3v) is 6.54. The highest BCUT2D eigenvalue weighted by atomic mass is 32.2. The maximum atomic E-state index is 14.0. The summed E-state index contributed by atoms with van der Waals surface area (Å²) in [5.41, 5.74) is -1.50. The highest BCUT2D eigenvalue weighted by Gasteiger charge is 2.68. The van der Waals surface area contributed by atoms with Crippen molar-refractivity contribution in [3.05, 3.63) is 29.3 Å². The van der Waals surface area contributed by atoms with E-state index < -0.39 is 38.1 Å². The van der Waals surface area contributed by atoms with Gasteiger partial charge in [0.1, 0.15) is 22.1 Å². The van der Waals surface area contributed by atoms with Gasteiger partial charge in [-0.05, 0) is 49.8 Å². The summed E-state index contributed by atoms with van der Waals surface area (Å²) in [5, 5.41) is 9.41. The first-order chi connectivity index (χ1) is 10.2. The van der Waals surface area contributed by atoms with Crippen molar-refractivity contribution >= 4 is 16.0 Å². The molecule has 8 heteroatoms. The number of hydrogen-bond donors (Lipinski definition) is 1. The molecule has 1 heterocycles. The van der Waals surface area contributed by atoms with E-state index in [0.717, 1.165) is 10.4 Å². The van der Waals surface area contributed by atoms with Gasteiger partial charge >= 0.3 is 5.97 Å². The maximum absolute atomic E-state index is 14.0. The van der Waals surface area contributed by atoms with Crippen molar-refractivity contribution in [2.75, 3.05) is 6.54 Å². The van der Waals surface area contributed by atoms with Crippen LogP contribution in [0, 0.1) is 24.5 Å². The second kappa shape index (κ2) is 4.73. The van der Waals surface area contributed by atoms with Crippen molar-refractivity contribution in [3.63, 3.8) is 0 Å². The van der Waals surface area contributed by atoms with Crippen molar-refractivity contribution < 1.29 is 27.1 Å². The van der Waals surface area contributed by atoms with Crippen molar-refractivity contribution in [1.82, 2.24) is 4.31 Å². The molecule has 0 radical (unpaired) electrons. The third-order valence-electron chi connectivity index (χ3n) is 4.58. The average molecular weight is 331 g/mol. The van der Waals surface area contributed by atoms with Gasteiger partial charge in [0.25, 0.3) is 0 Å². The van der Waals surface area contributed by atoms with Crippen LogP contribution in [0.25, 0.3) is 0 Å². The number of sulfonamides is 1. The lowest BCUT2D eigenvalue weighted by Gasteiger charge is -2.32. The lowest BCUT2D eigenvalue weighted by atomic mass is 10.1. The SMILES string of the molecule is Cc1cc(F)c(S(=O)(=O)N2CCC[C@@H]3C[C@@]32C(=O)O)cc1F. The molecule has 3 rings (SSSR count). The van der Waals surface area contributed by atoms with Gasteiger partial charge in [-0.15, -0.1) is 0 Å².